The molecule has 1 aliphatic carbocycles. The van der Waals surface area contributed by atoms with Crippen molar-refractivity contribution in [1.29, 1.82) is 0 Å². The Morgan fingerprint density at radius 1 is 1.15 bits per heavy atom. The molecule has 3 rings (SSSR count). The topological polar surface area (TPSA) is 66.5 Å². The third-order valence-corrected chi connectivity index (χ3v) is 6.79. The number of carbonyl (C=O) groups is 1. The second kappa shape index (κ2) is 7.90. The summed E-state index contributed by atoms with van der Waals surface area (Å²) in [6.45, 7) is 1.88. The monoisotopic (exact) mass is 406 g/mol. The predicted molar refractivity (Wildman–Crippen MR) is 108 cm³/mol. The number of sulfonamides is 1. The van der Waals surface area contributed by atoms with Crippen molar-refractivity contribution in [3.8, 4) is 0 Å². The Kier molecular flexibility index (Phi) is 5.77. The lowest BCUT2D eigenvalue weighted by molar-refractivity contribution is 0.0735. The Balaban J connectivity index is 1.89. The van der Waals surface area contributed by atoms with Crippen LogP contribution in [0.1, 0.15) is 41.6 Å². The fourth-order valence-corrected chi connectivity index (χ4v) is 5.00. The number of halogens is 1. The molecule has 0 radical (unpaired) electrons. The molecule has 0 spiro atoms. The van der Waals surface area contributed by atoms with Crippen LogP contribution in [-0.2, 0) is 10.0 Å². The van der Waals surface area contributed by atoms with Crippen molar-refractivity contribution in [2.45, 2.75) is 43.5 Å². The molecule has 0 saturated heterocycles. The molecule has 1 fully saturated rings. The molecule has 1 N–H and O–H groups in total. The average molecular weight is 407 g/mol. The molecule has 27 heavy (non-hydrogen) atoms. The molecular formula is C20H23ClN2O3S. The van der Waals surface area contributed by atoms with Crippen LogP contribution in [0.2, 0.25) is 5.02 Å². The van der Waals surface area contributed by atoms with E-state index < -0.39 is 10.0 Å². The second-order valence-corrected chi connectivity index (χ2v) is 9.03. The van der Waals surface area contributed by atoms with Gasteiger partial charge in [0.25, 0.3) is 15.9 Å². The van der Waals surface area contributed by atoms with Crippen LogP contribution in [0.5, 0.6) is 0 Å². The van der Waals surface area contributed by atoms with Crippen LogP contribution in [-0.4, -0.2) is 32.3 Å². The molecule has 2 aromatic rings. The zero-order valence-corrected chi connectivity index (χ0v) is 17.0. The standard InChI is InChI=1S/C20H23ClN2O3S/c1-14-6-5-7-16(12-14)22-27(25,26)19-13-15(10-11-18(19)21)20(24)23(2)17-8-3-4-9-17/h5-7,10-13,17,22H,3-4,8-9H2,1-2H3. The van der Waals surface area contributed by atoms with Crippen LogP contribution in [0.15, 0.2) is 47.4 Å². The lowest BCUT2D eigenvalue weighted by Gasteiger charge is -2.24. The van der Waals surface area contributed by atoms with Gasteiger partial charge in [0.05, 0.1) is 5.02 Å². The molecule has 7 heteroatoms. The van der Waals surface area contributed by atoms with Gasteiger partial charge < -0.3 is 4.90 Å². The quantitative estimate of drug-likeness (QED) is 0.796. The van der Waals surface area contributed by atoms with Crippen LogP contribution in [0.25, 0.3) is 0 Å². The molecule has 2 aromatic carbocycles. The first-order valence-corrected chi connectivity index (χ1v) is 10.8. The Morgan fingerprint density at radius 3 is 2.52 bits per heavy atom. The summed E-state index contributed by atoms with van der Waals surface area (Å²) in [6.07, 6.45) is 4.19. The number of amides is 1. The molecule has 0 atom stereocenters. The van der Waals surface area contributed by atoms with E-state index in [4.69, 9.17) is 11.6 Å². The number of nitrogens with zero attached hydrogens (tertiary/aromatic N) is 1. The van der Waals surface area contributed by atoms with Gasteiger partial charge in [-0.05, 0) is 55.7 Å². The van der Waals surface area contributed by atoms with Gasteiger partial charge in [-0.2, -0.15) is 0 Å². The average Bonchev–Trinajstić information content (AvgIpc) is 3.15. The highest BCUT2D eigenvalue weighted by molar-refractivity contribution is 7.92. The smallest absolute Gasteiger partial charge is 0.263 e. The molecule has 144 valence electrons. The van der Waals surface area contributed by atoms with Crippen molar-refractivity contribution in [2.75, 3.05) is 11.8 Å². The number of hydrogen-bond acceptors (Lipinski definition) is 3. The van der Waals surface area contributed by atoms with E-state index in [0.29, 0.717) is 11.3 Å². The van der Waals surface area contributed by atoms with Crippen molar-refractivity contribution >= 4 is 33.2 Å². The van der Waals surface area contributed by atoms with Gasteiger partial charge in [-0.1, -0.05) is 36.6 Å². The van der Waals surface area contributed by atoms with E-state index in [9.17, 15) is 13.2 Å². The molecule has 5 nitrogen and oxygen atoms in total. The normalized spacial score (nSPS) is 14.9. The van der Waals surface area contributed by atoms with Gasteiger partial charge in [0.1, 0.15) is 4.90 Å². The van der Waals surface area contributed by atoms with Crippen molar-refractivity contribution in [3.05, 3.63) is 58.6 Å². The lowest BCUT2D eigenvalue weighted by Crippen LogP contribution is -2.35. The molecule has 1 aliphatic rings. The first-order valence-electron chi connectivity index (χ1n) is 8.94. The Morgan fingerprint density at radius 2 is 1.85 bits per heavy atom. The Hall–Kier alpha value is -2.05. The summed E-state index contributed by atoms with van der Waals surface area (Å²) in [5.41, 5.74) is 1.70. The van der Waals surface area contributed by atoms with E-state index in [1.54, 1.807) is 36.2 Å². The minimum absolute atomic E-state index is 0.0789. The van der Waals surface area contributed by atoms with Crippen LogP contribution in [0.3, 0.4) is 0 Å². The molecule has 1 saturated carbocycles. The van der Waals surface area contributed by atoms with Crippen molar-refractivity contribution in [3.63, 3.8) is 0 Å². The third kappa shape index (κ3) is 4.45. The molecule has 0 bridgehead atoms. The molecule has 0 aliphatic heterocycles. The number of anilines is 1. The highest BCUT2D eigenvalue weighted by atomic mass is 35.5. The number of nitrogens with one attached hydrogen (secondary N) is 1. The Labute approximate surface area is 165 Å². The SMILES string of the molecule is Cc1cccc(NS(=O)(=O)c2cc(C(=O)N(C)C3CCCC3)ccc2Cl)c1. The summed E-state index contributed by atoms with van der Waals surface area (Å²) in [5, 5.41) is 0.0789. The van der Waals surface area contributed by atoms with E-state index >= 15 is 0 Å². The van der Waals surface area contributed by atoms with Gasteiger partial charge in [0, 0.05) is 24.3 Å². The maximum atomic E-state index is 12.8. The van der Waals surface area contributed by atoms with Crippen molar-refractivity contribution in [1.82, 2.24) is 4.90 Å². The fraction of sp³-hybridized carbons (Fsp3) is 0.350. The van der Waals surface area contributed by atoms with Gasteiger partial charge in [0.15, 0.2) is 0 Å². The van der Waals surface area contributed by atoms with E-state index in [-0.39, 0.29) is 21.9 Å². The summed E-state index contributed by atoms with van der Waals surface area (Å²) < 4.78 is 28.2. The zero-order valence-electron chi connectivity index (χ0n) is 15.4. The summed E-state index contributed by atoms with van der Waals surface area (Å²) in [6, 6.07) is 11.6. The summed E-state index contributed by atoms with van der Waals surface area (Å²) in [4.78, 5) is 14.4. The minimum Gasteiger partial charge on any atom is -0.339 e. The highest BCUT2D eigenvalue weighted by Crippen LogP contribution is 2.28. The van der Waals surface area contributed by atoms with Crippen molar-refractivity contribution in [2.24, 2.45) is 0 Å². The predicted octanol–water partition coefficient (Wildman–Crippen LogP) is 4.46. The van der Waals surface area contributed by atoms with Gasteiger partial charge in [-0.25, -0.2) is 8.42 Å². The number of hydrogen-bond donors (Lipinski definition) is 1. The number of carbonyl (C=O) groups excluding carboxylic acids is 1. The first-order chi connectivity index (χ1) is 12.8. The number of benzene rings is 2. The van der Waals surface area contributed by atoms with Gasteiger partial charge in [-0.15, -0.1) is 0 Å². The van der Waals surface area contributed by atoms with E-state index in [0.717, 1.165) is 31.2 Å². The molecule has 0 aromatic heterocycles. The Bertz CT molecular complexity index is 953. The maximum absolute atomic E-state index is 12.8. The highest BCUT2D eigenvalue weighted by Gasteiger charge is 2.26. The second-order valence-electron chi connectivity index (χ2n) is 6.97. The van der Waals surface area contributed by atoms with Crippen LogP contribution >= 0.6 is 11.6 Å². The summed E-state index contributed by atoms with van der Waals surface area (Å²) in [7, 11) is -2.14. The van der Waals surface area contributed by atoms with Gasteiger partial charge in [-0.3, -0.25) is 9.52 Å². The minimum atomic E-state index is -3.91. The van der Waals surface area contributed by atoms with E-state index in [1.165, 1.54) is 12.1 Å². The largest absolute Gasteiger partial charge is 0.339 e. The summed E-state index contributed by atoms with van der Waals surface area (Å²) in [5.74, 6) is -0.189. The fourth-order valence-electron chi connectivity index (χ4n) is 3.42. The van der Waals surface area contributed by atoms with Crippen LogP contribution in [0, 0.1) is 6.92 Å². The van der Waals surface area contributed by atoms with E-state index in [2.05, 4.69) is 4.72 Å². The first kappa shape index (κ1) is 19.7. The maximum Gasteiger partial charge on any atom is 0.263 e. The third-order valence-electron chi connectivity index (χ3n) is 4.93. The lowest BCUT2D eigenvalue weighted by atomic mass is 10.1. The molecule has 1 amide bonds. The van der Waals surface area contributed by atoms with Crippen LogP contribution < -0.4 is 4.72 Å². The van der Waals surface area contributed by atoms with Crippen LogP contribution in [0.4, 0.5) is 5.69 Å². The van der Waals surface area contributed by atoms with Gasteiger partial charge in [0.2, 0.25) is 0 Å². The van der Waals surface area contributed by atoms with Gasteiger partial charge >= 0.3 is 0 Å². The molecular weight excluding hydrogens is 384 g/mol. The number of aryl methyl sites for hydroxylation is 1. The molecule has 0 unspecified atom stereocenters. The van der Waals surface area contributed by atoms with Crippen molar-refractivity contribution < 1.29 is 13.2 Å². The zero-order chi connectivity index (χ0) is 19.6. The molecule has 0 heterocycles. The van der Waals surface area contributed by atoms with E-state index in [1.807, 2.05) is 13.0 Å². The summed E-state index contributed by atoms with van der Waals surface area (Å²) >= 11 is 6.15. The number of rotatable bonds is 5.